The summed E-state index contributed by atoms with van der Waals surface area (Å²) in [6, 6.07) is 13.5. The summed E-state index contributed by atoms with van der Waals surface area (Å²) >= 11 is 7.22. The maximum atomic E-state index is 5.46. The lowest BCUT2D eigenvalue weighted by Crippen LogP contribution is -2.21. The highest BCUT2D eigenvalue weighted by Crippen LogP contribution is 2.46. The number of hydrogen-bond acceptors (Lipinski definition) is 2. The molecule has 0 bridgehead atoms. The SMILES string of the molecule is COc1ccc2c(c1)[C@H](NCCC(C)C)C[C@H]2c1ccc(Br)c(Br)c1. The van der Waals surface area contributed by atoms with E-state index in [1.165, 1.54) is 23.1 Å². The van der Waals surface area contributed by atoms with Crippen molar-refractivity contribution in [3.8, 4) is 5.75 Å². The van der Waals surface area contributed by atoms with Crippen LogP contribution < -0.4 is 10.1 Å². The number of rotatable bonds is 6. The molecule has 0 radical (unpaired) electrons. The molecule has 1 aliphatic carbocycles. The average Bonchev–Trinajstić information content (AvgIpc) is 2.95. The van der Waals surface area contributed by atoms with Crippen molar-refractivity contribution in [2.24, 2.45) is 5.92 Å². The van der Waals surface area contributed by atoms with Crippen molar-refractivity contribution in [2.45, 2.75) is 38.6 Å². The molecule has 0 saturated heterocycles. The number of benzene rings is 2. The van der Waals surface area contributed by atoms with Gasteiger partial charge in [0.2, 0.25) is 0 Å². The molecule has 0 heterocycles. The van der Waals surface area contributed by atoms with Crippen molar-refractivity contribution in [1.82, 2.24) is 5.32 Å². The standard InChI is InChI=1S/C21H25Br2NO/c1-13(2)8-9-24-21-12-17(14-4-7-19(22)20(23)10-14)16-6-5-15(25-3)11-18(16)21/h4-7,10-11,13,17,21,24H,8-9,12H2,1-3H3/t17-,21+/m0/s1. The highest BCUT2D eigenvalue weighted by Gasteiger charge is 2.32. The maximum absolute atomic E-state index is 5.46. The molecule has 0 amide bonds. The summed E-state index contributed by atoms with van der Waals surface area (Å²) in [5.41, 5.74) is 4.15. The molecule has 0 aliphatic heterocycles. The molecule has 0 fully saturated rings. The minimum atomic E-state index is 0.385. The minimum absolute atomic E-state index is 0.385. The largest absolute Gasteiger partial charge is 0.497 e. The van der Waals surface area contributed by atoms with E-state index in [2.05, 4.69) is 87.4 Å². The van der Waals surface area contributed by atoms with Gasteiger partial charge in [-0.1, -0.05) is 26.0 Å². The molecule has 134 valence electrons. The van der Waals surface area contributed by atoms with Crippen LogP contribution in [0.3, 0.4) is 0 Å². The molecule has 3 rings (SSSR count). The van der Waals surface area contributed by atoms with E-state index in [4.69, 9.17) is 4.74 Å². The first-order chi connectivity index (χ1) is 12.0. The molecule has 0 aromatic heterocycles. The number of nitrogens with one attached hydrogen (secondary N) is 1. The van der Waals surface area contributed by atoms with E-state index in [-0.39, 0.29) is 0 Å². The van der Waals surface area contributed by atoms with Gasteiger partial charge >= 0.3 is 0 Å². The second-order valence-electron chi connectivity index (χ2n) is 7.15. The van der Waals surface area contributed by atoms with Gasteiger partial charge in [0.05, 0.1) is 7.11 Å². The third-order valence-corrected chi connectivity index (χ3v) is 6.85. The van der Waals surface area contributed by atoms with Gasteiger partial charge in [0, 0.05) is 20.9 Å². The molecule has 1 aliphatic rings. The molecular formula is C21H25Br2NO. The second kappa shape index (κ2) is 8.24. The predicted octanol–water partition coefficient (Wildman–Crippen LogP) is 6.43. The molecule has 0 spiro atoms. The Kier molecular flexibility index (Phi) is 6.24. The summed E-state index contributed by atoms with van der Waals surface area (Å²) in [5, 5.41) is 3.77. The van der Waals surface area contributed by atoms with Crippen LogP contribution in [0.1, 0.15) is 55.3 Å². The molecule has 2 aromatic carbocycles. The van der Waals surface area contributed by atoms with Gasteiger partial charge in [-0.05, 0) is 98.1 Å². The lowest BCUT2D eigenvalue weighted by atomic mass is 9.93. The fourth-order valence-corrected chi connectivity index (χ4v) is 4.22. The number of halogens is 2. The van der Waals surface area contributed by atoms with Gasteiger partial charge < -0.3 is 10.1 Å². The zero-order valence-electron chi connectivity index (χ0n) is 15.0. The molecule has 4 heteroatoms. The van der Waals surface area contributed by atoms with Crippen molar-refractivity contribution < 1.29 is 4.74 Å². The third-order valence-electron chi connectivity index (χ3n) is 4.97. The van der Waals surface area contributed by atoms with Gasteiger partial charge in [-0.25, -0.2) is 0 Å². The van der Waals surface area contributed by atoms with Crippen LogP contribution in [0.2, 0.25) is 0 Å². The van der Waals surface area contributed by atoms with Gasteiger partial charge in [-0.3, -0.25) is 0 Å². The normalized spacial score (nSPS) is 19.3. The van der Waals surface area contributed by atoms with E-state index >= 15 is 0 Å². The van der Waals surface area contributed by atoms with E-state index in [1.807, 2.05) is 0 Å². The van der Waals surface area contributed by atoms with E-state index < -0.39 is 0 Å². The minimum Gasteiger partial charge on any atom is -0.497 e. The molecule has 0 saturated carbocycles. The molecule has 2 nitrogen and oxygen atoms in total. The van der Waals surface area contributed by atoms with Crippen molar-refractivity contribution in [1.29, 1.82) is 0 Å². The van der Waals surface area contributed by atoms with Crippen LogP contribution in [0, 0.1) is 5.92 Å². The quantitative estimate of drug-likeness (QED) is 0.529. The lowest BCUT2D eigenvalue weighted by Gasteiger charge is -2.16. The number of fused-ring (bicyclic) bond motifs is 1. The third kappa shape index (κ3) is 4.29. The fourth-order valence-electron chi connectivity index (χ4n) is 3.57. The van der Waals surface area contributed by atoms with E-state index in [0.29, 0.717) is 12.0 Å². The number of methoxy groups -OCH3 is 1. The number of ether oxygens (including phenoxy) is 1. The lowest BCUT2D eigenvalue weighted by molar-refractivity contribution is 0.413. The Morgan fingerprint density at radius 1 is 1.08 bits per heavy atom. The van der Waals surface area contributed by atoms with Gasteiger partial charge in [0.25, 0.3) is 0 Å². The van der Waals surface area contributed by atoms with Gasteiger partial charge in [0.1, 0.15) is 5.75 Å². The van der Waals surface area contributed by atoms with E-state index in [1.54, 1.807) is 7.11 Å². The molecule has 1 N–H and O–H groups in total. The monoisotopic (exact) mass is 465 g/mol. The first kappa shape index (κ1) is 18.9. The summed E-state index contributed by atoms with van der Waals surface area (Å²) in [4.78, 5) is 0. The average molecular weight is 467 g/mol. The number of hydrogen-bond donors (Lipinski definition) is 1. The van der Waals surface area contributed by atoms with Crippen LogP contribution in [0.4, 0.5) is 0 Å². The maximum Gasteiger partial charge on any atom is 0.119 e. The van der Waals surface area contributed by atoms with Gasteiger partial charge in [-0.15, -0.1) is 0 Å². The molecule has 0 unspecified atom stereocenters. The highest BCUT2D eigenvalue weighted by molar-refractivity contribution is 9.13. The zero-order chi connectivity index (χ0) is 18.0. The Hall–Kier alpha value is -0.840. The van der Waals surface area contributed by atoms with Crippen LogP contribution in [0.5, 0.6) is 5.75 Å². The Bertz CT molecular complexity index is 745. The fraction of sp³-hybridized carbons (Fsp3) is 0.429. The highest BCUT2D eigenvalue weighted by atomic mass is 79.9. The Morgan fingerprint density at radius 2 is 1.88 bits per heavy atom. The summed E-state index contributed by atoms with van der Waals surface area (Å²) < 4.78 is 7.67. The Balaban J connectivity index is 1.90. The van der Waals surface area contributed by atoms with Crippen molar-refractivity contribution in [2.75, 3.05) is 13.7 Å². The summed E-state index contributed by atoms with van der Waals surface area (Å²) in [6.07, 6.45) is 2.29. The first-order valence-electron chi connectivity index (χ1n) is 8.85. The predicted molar refractivity (Wildman–Crippen MR) is 111 cm³/mol. The molecule has 25 heavy (non-hydrogen) atoms. The van der Waals surface area contributed by atoms with Crippen molar-refractivity contribution >= 4 is 31.9 Å². The van der Waals surface area contributed by atoms with Gasteiger partial charge in [-0.2, -0.15) is 0 Å². The van der Waals surface area contributed by atoms with Crippen LogP contribution in [0.25, 0.3) is 0 Å². The summed E-state index contributed by atoms with van der Waals surface area (Å²) in [7, 11) is 1.74. The Labute approximate surface area is 167 Å². The zero-order valence-corrected chi connectivity index (χ0v) is 18.2. The van der Waals surface area contributed by atoms with Crippen molar-refractivity contribution in [3.63, 3.8) is 0 Å². The molecule has 2 aromatic rings. The first-order valence-corrected chi connectivity index (χ1v) is 10.4. The van der Waals surface area contributed by atoms with Crippen LogP contribution >= 0.6 is 31.9 Å². The van der Waals surface area contributed by atoms with E-state index in [0.717, 1.165) is 33.6 Å². The molecular weight excluding hydrogens is 442 g/mol. The van der Waals surface area contributed by atoms with Crippen LogP contribution in [0.15, 0.2) is 45.3 Å². The van der Waals surface area contributed by atoms with Crippen LogP contribution in [-0.2, 0) is 0 Å². The van der Waals surface area contributed by atoms with Crippen LogP contribution in [-0.4, -0.2) is 13.7 Å². The summed E-state index contributed by atoms with van der Waals surface area (Å²) in [5.74, 6) is 2.07. The Morgan fingerprint density at radius 3 is 2.56 bits per heavy atom. The summed E-state index contributed by atoms with van der Waals surface area (Å²) in [6.45, 7) is 5.60. The van der Waals surface area contributed by atoms with Crippen molar-refractivity contribution in [3.05, 3.63) is 62.0 Å². The van der Waals surface area contributed by atoms with Gasteiger partial charge in [0.15, 0.2) is 0 Å². The molecule has 2 atom stereocenters. The smallest absolute Gasteiger partial charge is 0.119 e. The topological polar surface area (TPSA) is 21.3 Å². The second-order valence-corrected chi connectivity index (χ2v) is 8.85. The van der Waals surface area contributed by atoms with E-state index in [9.17, 15) is 0 Å².